The second-order valence-corrected chi connectivity index (χ2v) is 11.5. The molecule has 4 unspecified atom stereocenters. The van der Waals surface area contributed by atoms with E-state index in [0.717, 1.165) is 12.1 Å². The van der Waals surface area contributed by atoms with Crippen LogP contribution in [0.1, 0.15) is 6.92 Å². The average molecular weight is 687 g/mol. The van der Waals surface area contributed by atoms with Crippen molar-refractivity contribution in [2.24, 2.45) is 0 Å². The van der Waals surface area contributed by atoms with E-state index in [1.807, 2.05) is 0 Å². The Hall–Kier alpha value is -3.19. The van der Waals surface area contributed by atoms with Gasteiger partial charge in [-0.3, -0.25) is 0 Å². The van der Waals surface area contributed by atoms with Gasteiger partial charge in [0, 0.05) is 0 Å². The molecule has 0 bridgehead atoms. The van der Waals surface area contributed by atoms with Gasteiger partial charge in [0.1, 0.15) is 18.3 Å². The van der Waals surface area contributed by atoms with Crippen molar-refractivity contribution >= 4 is 26.6 Å². The first-order valence-electron chi connectivity index (χ1n) is 13.3. The fourth-order valence-corrected chi connectivity index (χ4v) is 5.99. The van der Waals surface area contributed by atoms with E-state index in [1.54, 1.807) is 6.07 Å². The smallest absolute Gasteiger partial charge is 0.388 e. The van der Waals surface area contributed by atoms with Crippen LogP contribution >= 0.6 is 0 Å². The molecule has 16 nitrogen and oxygen atoms in total. The third kappa shape index (κ3) is 5.46. The van der Waals surface area contributed by atoms with Crippen LogP contribution in [0.3, 0.4) is 0 Å². The van der Waals surface area contributed by atoms with E-state index in [2.05, 4.69) is 0 Å². The minimum atomic E-state index is -1.91. The van der Waals surface area contributed by atoms with Gasteiger partial charge in [-0.25, -0.2) is 0 Å². The molecule has 0 spiro atoms. The van der Waals surface area contributed by atoms with E-state index >= 15 is 0 Å². The number of benzene rings is 2. The molecule has 8 N–H and O–H groups in total. The molecule has 10 atom stereocenters. The van der Waals surface area contributed by atoms with E-state index in [9.17, 15) is 45.6 Å². The van der Waals surface area contributed by atoms with Crippen molar-refractivity contribution in [3.05, 3.63) is 40.6 Å². The molecule has 17 heteroatoms. The Bertz CT molecular complexity index is 1600. The Kier molecular flexibility index (Phi) is 8.38. The molecule has 44 heavy (non-hydrogen) atoms. The molecule has 3 aliphatic heterocycles. The van der Waals surface area contributed by atoms with E-state index in [1.165, 1.54) is 19.1 Å². The zero-order chi connectivity index (χ0) is 31.4. The molecule has 4 heterocycles. The number of hydrogen-bond donors (Lipinski definition) is 8. The maximum absolute atomic E-state index is 13.7. The van der Waals surface area contributed by atoms with Crippen LogP contribution in [0.25, 0.3) is 22.3 Å². The predicted octanol–water partition coefficient (Wildman–Crippen LogP) is -1.79. The number of hydrogen-bond acceptors (Lipinski definition) is 16. The standard InChI is InChI=1S/C27H28O16Se/c1-8-17(30)20(33)22(35)26(38-8)37-7-15-18(31)21(34)23(36)27(40-15)41-25-19(32)16-11(29)5-10(28)6-14(16)39-24(25)9-2-3-12-13(4-9)43-44-42-12/h2-6,8,15,17-18,20-23,26-31,33-36H,7H2,1H3/t8?,15?,17-,18+,20-,21+,22?,23?,26+,27-/m0/s1. The fraction of sp³-hybridized carbons (Fsp3) is 0.444. The van der Waals surface area contributed by atoms with Gasteiger partial charge in [-0.05, 0) is 6.92 Å². The van der Waals surface area contributed by atoms with Crippen LogP contribution in [0.4, 0.5) is 0 Å². The summed E-state index contributed by atoms with van der Waals surface area (Å²) in [4.78, 5) is 13.7. The molecule has 2 saturated heterocycles. The quantitative estimate of drug-likeness (QED) is 0.133. The predicted molar refractivity (Wildman–Crippen MR) is 144 cm³/mol. The molecular formula is C27H28O16Se. The first kappa shape index (κ1) is 30.8. The summed E-state index contributed by atoms with van der Waals surface area (Å²) in [5, 5.41) is 82.2. The van der Waals surface area contributed by atoms with Crippen molar-refractivity contribution in [1.29, 1.82) is 0 Å². The zero-order valence-electron chi connectivity index (χ0n) is 22.6. The molecule has 2 fully saturated rings. The van der Waals surface area contributed by atoms with Crippen LogP contribution in [-0.2, 0) is 14.2 Å². The van der Waals surface area contributed by atoms with Crippen LogP contribution < -0.4 is 17.8 Å². The topological polar surface area (TPSA) is 247 Å². The first-order chi connectivity index (χ1) is 20.9. The number of fused-ring (bicyclic) bond motifs is 2. The molecule has 3 aromatic rings. The molecule has 0 amide bonds. The van der Waals surface area contributed by atoms with Gasteiger partial charge in [0.05, 0.1) is 6.10 Å². The van der Waals surface area contributed by atoms with Crippen molar-refractivity contribution in [1.82, 2.24) is 0 Å². The zero-order valence-corrected chi connectivity index (χ0v) is 24.3. The van der Waals surface area contributed by atoms with E-state index in [4.69, 9.17) is 31.0 Å². The molecule has 0 saturated carbocycles. The Morgan fingerprint density at radius 1 is 0.818 bits per heavy atom. The summed E-state index contributed by atoms with van der Waals surface area (Å²) in [5.74, 6) is -1.00. The van der Waals surface area contributed by atoms with Gasteiger partial charge >= 0.3 is 196 Å². The molecule has 238 valence electrons. The van der Waals surface area contributed by atoms with E-state index in [-0.39, 0.29) is 28.0 Å². The van der Waals surface area contributed by atoms with Crippen LogP contribution in [0.2, 0.25) is 0 Å². The van der Waals surface area contributed by atoms with E-state index < -0.39 is 101 Å². The Morgan fingerprint density at radius 3 is 2.30 bits per heavy atom. The number of phenols is 2. The van der Waals surface area contributed by atoms with Gasteiger partial charge in [-0.15, -0.1) is 0 Å². The molecule has 6 rings (SSSR count). The number of aromatic hydroxyl groups is 2. The SMILES string of the molecule is CC1O[C@@H](OCC2O[C@@H](Oc3c(-c4ccc5c(c4)O[Se]O5)oc4cc(O)cc(O)c4c3=O)C(O)[C@H](O)[C@@H]2O)C(O)[C@@H](O)[C@H]1O. The Balaban J connectivity index is 1.32. The summed E-state index contributed by atoms with van der Waals surface area (Å²) in [6.07, 6.45) is -15.8. The van der Waals surface area contributed by atoms with Crippen LogP contribution in [0.5, 0.6) is 28.7 Å². The third-order valence-corrected chi connectivity index (χ3v) is 8.55. The second-order valence-electron chi connectivity index (χ2n) is 10.5. The van der Waals surface area contributed by atoms with Gasteiger partial charge in [0.2, 0.25) is 0 Å². The van der Waals surface area contributed by atoms with Gasteiger partial charge < -0.3 is 20.1 Å². The van der Waals surface area contributed by atoms with E-state index in [0.29, 0.717) is 11.5 Å². The van der Waals surface area contributed by atoms with Crippen molar-refractivity contribution in [2.75, 3.05) is 6.61 Å². The Morgan fingerprint density at radius 2 is 1.52 bits per heavy atom. The van der Waals surface area contributed by atoms with Gasteiger partial charge in [-0.1, -0.05) is 0 Å². The summed E-state index contributed by atoms with van der Waals surface area (Å²) in [5.41, 5.74) is -0.882. The molecule has 0 aliphatic carbocycles. The molecule has 2 aromatic carbocycles. The van der Waals surface area contributed by atoms with Crippen LogP contribution in [-0.4, -0.2) is 124 Å². The molecule has 0 radical (unpaired) electrons. The maximum atomic E-state index is 13.7. The van der Waals surface area contributed by atoms with Crippen molar-refractivity contribution in [2.45, 2.75) is 68.3 Å². The minimum Gasteiger partial charge on any atom is -0.388 e. The number of aliphatic hydroxyl groups is 6. The first-order valence-corrected chi connectivity index (χ1v) is 14.7. The normalized spacial score (nSPS) is 33.4. The molecular weight excluding hydrogens is 659 g/mol. The summed E-state index contributed by atoms with van der Waals surface area (Å²) < 4.78 is 39.1. The summed E-state index contributed by atoms with van der Waals surface area (Å²) >= 11 is -0.606. The fourth-order valence-electron chi connectivity index (χ4n) is 5.05. The van der Waals surface area contributed by atoms with Gasteiger partial charge in [0.15, 0.2) is 6.29 Å². The number of ether oxygens (including phenoxy) is 4. The monoisotopic (exact) mass is 688 g/mol. The number of phenolic OH excluding ortho intramolecular Hbond substituents is 2. The third-order valence-electron chi connectivity index (χ3n) is 7.51. The van der Waals surface area contributed by atoms with Crippen molar-refractivity contribution in [3.8, 4) is 40.1 Å². The molecule has 3 aliphatic rings. The average Bonchev–Trinajstić information content (AvgIpc) is 3.46. The second kappa shape index (κ2) is 12.0. The van der Waals surface area contributed by atoms with Gasteiger partial charge in [0.25, 0.3) is 0 Å². The minimum absolute atomic E-state index is 0.198. The summed E-state index contributed by atoms with van der Waals surface area (Å²) in [6.45, 7) is 0.879. The van der Waals surface area contributed by atoms with Gasteiger partial charge in [-0.2, -0.15) is 0 Å². The van der Waals surface area contributed by atoms with Crippen molar-refractivity contribution in [3.63, 3.8) is 0 Å². The molecule has 1 aromatic heterocycles. The van der Waals surface area contributed by atoms with Crippen LogP contribution in [0.15, 0.2) is 39.5 Å². The van der Waals surface area contributed by atoms with Crippen molar-refractivity contribution < 1.29 is 71.9 Å². The summed E-state index contributed by atoms with van der Waals surface area (Å²) in [6, 6.07) is 6.61. The number of rotatable bonds is 6. The number of aliphatic hydroxyl groups excluding tert-OH is 6. The Labute approximate surface area is 253 Å². The summed E-state index contributed by atoms with van der Waals surface area (Å²) in [7, 11) is 0. The van der Waals surface area contributed by atoms with Crippen LogP contribution in [0, 0.1) is 0 Å².